The number of hydrogen-bond donors (Lipinski definition) is 0. The molecule has 0 atom stereocenters. The summed E-state index contributed by atoms with van der Waals surface area (Å²) in [6, 6.07) is -0.324. The fourth-order valence-electron chi connectivity index (χ4n) is 1.46. The first kappa shape index (κ1) is 18.2. The van der Waals surface area contributed by atoms with Crippen molar-refractivity contribution in [1.29, 1.82) is 0 Å². The van der Waals surface area contributed by atoms with Crippen LogP contribution in [0.3, 0.4) is 0 Å². The molecule has 2 amide bonds. The van der Waals surface area contributed by atoms with Gasteiger partial charge in [0, 0.05) is 55.4 Å². The van der Waals surface area contributed by atoms with Crippen LogP contribution in [-0.2, 0) is 0 Å². The molecule has 0 bridgehead atoms. The largest absolute Gasteiger partial charge is 0.349 e. The molecule has 0 fully saturated rings. The molecule has 116 valence electrons. The van der Waals surface area contributed by atoms with Crippen LogP contribution in [0.25, 0.3) is 0 Å². The molecule has 0 aromatic carbocycles. The Morgan fingerprint density at radius 1 is 0.800 bits per heavy atom. The van der Waals surface area contributed by atoms with E-state index in [0.717, 1.165) is 19.0 Å². The summed E-state index contributed by atoms with van der Waals surface area (Å²) >= 11 is 0. The van der Waals surface area contributed by atoms with Crippen molar-refractivity contribution < 1.29 is 4.79 Å². The van der Waals surface area contributed by atoms with E-state index >= 15 is 0 Å². The summed E-state index contributed by atoms with van der Waals surface area (Å²) < 4.78 is 0. The van der Waals surface area contributed by atoms with Crippen LogP contribution in [0.15, 0.2) is 9.98 Å². The molecular weight excluding hydrogens is 256 g/mol. The SMILES string of the molecule is CCN(CC)/C(=N/C(=N/C(=O)N(C)C)N(C)C)N(C)C. The van der Waals surface area contributed by atoms with Crippen LogP contribution < -0.4 is 0 Å². The molecule has 0 heterocycles. The van der Waals surface area contributed by atoms with E-state index < -0.39 is 0 Å². The van der Waals surface area contributed by atoms with Gasteiger partial charge < -0.3 is 19.6 Å². The van der Waals surface area contributed by atoms with Crippen LogP contribution >= 0.6 is 0 Å². The highest BCUT2D eigenvalue weighted by molar-refractivity contribution is 5.99. The lowest BCUT2D eigenvalue weighted by Gasteiger charge is -2.28. The maximum Gasteiger partial charge on any atom is 0.346 e. The van der Waals surface area contributed by atoms with Crippen molar-refractivity contribution in [2.24, 2.45) is 9.98 Å². The monoisotopic (exact) mass is 284 g/mol. The molecule has 0 aliphatic rings. The summed E-state index contributed by atoms with van der Waals surface area (Å²) in [5, 5.41) is 0. The number of rotatable bonds is 2. The van der Waals surface area contributed by atoms with Crippen molar-refractivity contribution in [1.82, 2.24) is 19.6 Å². The van der Waals surface area contributed by atoms with Gasteiger partial charge >= 0.3 is 6.03 Å². The van der Waals surface area contributed by atoms with Crippen molar-refractivity contribution >= 4 is 18.0 Å². The molecule has 0 aliphatic carbocycles. The zero-order chi connectivity index (χ0) is 15.9. The highest BCUT2D eigenvalue weighted by Crippen LogP contribution is 1.99. The van der Waals surface area contributed by atoms with Crippen LogP contribution in [0.4, 0.5) is 4.79 Å². The number of guanidine groups is 2. The molecule has 0 aromatic heterocycles. The Bertz CT molecular complexity index is 369. The summed E-state index contributed by atoms with van der Waals surface area (Å²) in [4.78, 5) is 27.5. The van der Waals surface area contributed by atoms with Gasteiger partial charge in [-0.1, -0.05) is 0 Å². The molecule has 0 unspecified atom stereocenters. The Kier molecular flexibility index (Phi) is 7.64. The van der Waals surface area contributed by atoms with Crippen LogP contribution in [-0.4, -0.2) is 92.9 Å². The number of nitrogens with zero attached hydrogens (tertiary/aromatic N) is 6. The lowest BCUT2D eigenvalue weighted by atomic mass is 10.5. The van der Waals surface area contributed by atoms with Crippen LogP contribution in [0.2, 0.25) is 0 Å². The quantitative estimate of drug-likeness (QED) is 0.557. The first-order valence-corrected chi connectivity index (χ1v) is 6.72. The molecule has 0 radical (unpaired) electrons. The average molecular weight is 284 g/mol. The zero-order valence-corrected chi connectivity index (χ0v) is 14.0. The molecule has 0 aliphatic heterocycles. The zero-order valence-electron chi connectivity index (χ0n) is 14.0. The predicted molar refractivity (Wildman–Crippen MR) is 84.2 cm³/mol. The molecule has 7 nitrogen and oxygen atoms in total. The van der Waals surface area contributed by atoms with E-state index in [-0.39, 0.29) is 6.03 Å². The Labute approximate surface area is 122 Å². The highest BCUT2D eigenvalue weighted by Gasteiger charge is 2.14. The number of carbonyl (C=O) groups is 1. The first-order valence-electron chi connectivity index (χ1n) is 6.72. The van der Waals surface area contributed by atoms with Crippen LogP contribution in [0.5, 0.6) is 0 Å². The third kappa shape index (κ3) is 5.46. The normalized spacial score (nSPS) is 12.2. The van der Waals surface area contributed by atoms with E-state index in [2.05, 4.69) is 28.7 Å². The number of urea groups is 1. The molecular formula is C13H28N6O. The summed E-state index contributed by atoms with van der Waals surface area (Å²) in [5.41, 5.74) is 0. The second kappa shape index (κ2) is 8.39. The summed E-state index contributed by atoms with van der Waals surface area (Å²) in [6.07, 6.45) is 0. The number of aliphatic imine (C=N–C) groups is 2. The van der Waals surface area contributed by atoms with Crippen molar-refractivity contribution in [3.8, 4) is 0 Å². The molecule has 0 N–H and O–H groups in total. The smallest absolute Gasteiger partial charge is 0.346 e. The van der Waals surface area contributed by atoms with Gasteiger partial charge in [-0.25, -0.2) is 4.79 Å². The fourth-order valence-corrected chi connectivity index (χ4v) is 1.46. The minimum Gasteiger partial charge on any atom is -0.349 e. The van der Waals surface area contributed by atoms with E-state index in [9.17, 15) is 4.79 Å². The standard InChI is InChI=1S/C13H28N6O/c1-9-19(10-2)12(17(5)6)14-11(16(3)4)15-13(20)18(7)8/h9-10H2,1-8H3/b14-12+,15-11-. The van der Waals surface area contributed by atoms with Crippen LogP contribution in [0.1, 0.15) is 13.8 Å². The summed E-state index contributed by atoms with van der Waals surface area (Å²) in [7, 11) is 10.8. The van der Waals surface area contributed by atoms with Crippen molar-refractivity contribution in [2.75, 3.05) is 55.4 Å². The Morgan fingerprint density at radius 3 is 1.60 bits per heavy atom. The molecule has 0 rings (SSSR count). The van der Waals surface area contributed by atoms with E-state index in [0.29, 0.717) is 5.96 Å². The second-order valence-corrected chi connectivity index (χ2v) is 4.96. The third-order valence-corrected chi connectivity index (χ3v) is 2.62. The van der Waals surface area contributed by atoms with Gasteiger partial charge in [0.05, 0.1) is 0 Å². The van der Waals surface area contributed by atoms with Crippen LogP contribution in [0, 0.1) is 0 Å². The molecule has 0 spiro atoms. The van der Waals surface area contributed by atoms with Gasteiger partial charge in [0.25, 0.3) is 0 Å². The molecule has 0 aromatic rings. The van der Waals surface area contributed by atoms with Gasteiger partial charge in [0.1, 0.15) is 0 Å². The molecule has 7 heteroatoms. The topological polar surface area (TPSA) is 54.8 Å². The van der Waals surface area contributed by atoms with Gasteiger partial charge in [0.15, 0.2) is 0 Å². The second-order valence-electron chi connectivity index (χ2n) is 4.96. The minimum absolute atomic E-state index is 0.324. The lowest BCUT2D eigenvalue weighted by molar-refractivity contribution is 0.227. The highest BCUT2D eigenvalue weighted by atomic mass is 16.2. The number of carbonyl (C=O) groups excluding carboxylic acids is 1. The van der Waals surface area contributed by atoms with Gasteiger partial charge in [-0.15, -0.1) is 0 Å². The lowest BCUT2D eigenvalue weighted by Crippen LogP contribution is -2.42. The predicted octanol–water partition coefficient (Wildman–Crippen LogP) is 0.845. The minimum atomic E-state index is -0.324. The van der Waals surface area contributed by atoms with E-state index in [1.54, 1.807) is 19.0 Å². The van der Waals surface area contributed by atoms with E-state index in [1.807, 2.05) is 33.1 Å². The van der Waals surface area contributed by atoms with Gasteiger partial charge in [0.2, 0.25) is 11.9 Å². The Morgan fingerprint density at radius 2 is 1.30 bits per heavy atom. The van der Waals surface area contributed by atoms with Crippen molar-refractivity contribution in [3.05, 3.63) is 0 Å². The average Bonchev–Trinajstić information content (AvgIpc) is 2.36. The maximum absolute atomic E-state index is 11.7. The molecule has 0 saturated heterocycles. The van der Waals surface area contributed by atoms with Gasteiger partial charge in [-0.2, -0.15) is 9.98 Å². The van der Waals surface area contributed by atoms with Gasteiger partial charge in [-0.3, -0.25) is 0 Å². The van der Waals surface area contributed by atoms with Crippen molar-refractivity contribution in [2.45, 2.75) is 13.8 Å². The van der Waals surface area contributed by atoms with Crippen molar-refractivity contribution in [3.63, 3.8) is 0 Å². The van der Waals surface area contributed by atoms with Gasteiger partial charge in [-0.05, 0) is 13.8 Å². The number of hydrogen-bond acceptors (Lipinski definition) is 1. The molecule has 0 saturated carbocycles. The Hall–Kier alpha value is -1.79. The van der Waals surface area contributed by atoms with E-state index in [4.69, 9.17) is 0 Å². The Balaban J connectivity index is 5.57. The first-order chi connectivity index (χ1) is 9.24. The maximum atomic E-state index is 11.7. The summed E-state index contributed by atoms with van der Waals surface area (Å²) in [5.74, 6) is 1.17. The third-order valence-electron chi connectivity index (χ3n) is 2.62. The molecule has 20 heavy (non-hydrogen) atoms. The summed E-state index contributed by atoms with van der Waals surface area (Å²) in [6.45, 7) is 5.83. The van der Waals surface area contributed by atoms with E-state index in [1.165, 1.54) is 4.90 Å². The fraction of sp³-hybridized carbons (Fsp3) is 0.769. The number of amides is 2.